The highest BCUT2D eigenvalue weighted by Gasteiger charge is 2.09. The van der Waals surface area contributed by atoms with Crippen molar-refractivity contribution < 1.29 is 9.53 Å². The van der Waals surface area contributed by atoms with Crippen molar-refractivity contribution in [2.24, 2.45) is 0 Å². The van der Waals surface area contributed by atoms with Crippen LogP contribution in [0.15, 0.2) is 60.9 Å². The number of benzene rings is 2. The molecule has 0 aliphatic heterocycles. The highest BCUT2D eigenvalue weighted by Crippen LogP contribution is 2.18. The summed E-state index contributed by atoms with van der Waals surface area (Å²) in [6, 6.07) is 16.9. The molecule has 0 bridgehead atoms. The predicted octanol–water partition coefficient (Wildman–Crippen LogP) is 3.07. The second kappa shape index (κ2) is 9.14. The largest absolute Gasteiger partial charge is 0.496 e. The number of nitrogens with zero attached hydrogens (tertiary/aromatic N) is 3. The van der Waals surface area contributed by atoms with E-state index < -0.39 is 0 Å². The molecule has 7 heteroatoms. The molecule has 3 aromatic rings. The summed E-state index contributed by atoms with van der Waals surface area (Å²) in [7, 11) is 1.62. The zero-order valence-corrected chi connectivity index (χ0v) is 15.3. The van der Waals surface area contributed by atoms with Gasteiger partial charge in [0.05, 0.1) is 23.9 Å². The molecular weight excluding hydrogens is 354 g/mol. The van der Waals surface area contributed by atoms with Crippen LogP contribution in [0.1, 0.15) is 21.5 Å². The van der Waals surface area contributed by atoms with E-state index in [0.29, 0.717) is 35.7 Å². The maximum absolute atomic E-state index is 12.3. The normalized spacial score (nSPS) is 10.0. The number of carbonyl (C=O) groups excluding carboxylic acids is 1. The summed E-state index contributed by atoms with van der Waals surface area (Å²) in [5.41, 5.74) is 2.49. The van der Waals surface area contributed by atoms with Crippen LogP contribution in [0.4, 0.5) is 11.6 Å². The number of hydrogen-bond acceptors (Lipinski definition) is 6. The van der Waals surface area contributed by atoms with E-state index in [4.69, 9.17) is 10.00 Å². The van der Waals surface area contributed by atoms with Crippen molar-refractivity contribution >= 4 is 17.5 Å². The van der Waals surface area contributed by atoms with Crippen molar-refractivity contribution in [3.05, 3.63) is 77.6 Å². The van der Waals surface area contributed by atoms with E-state index in [1.807, 2.05) is 30.3 Å². The number of anilines is 2. The summed E-state index contributed by atoms with van der Waals surface area (Å²) in [6.45, 7) is 0.467. The molecule has 2 aromatic carbocycles. The van der Waals surface area contributed by atoms with E-state index in [1.165, 1.54) is 12.4 Å². The molecule has 3 rings (SSSR count). The number of nitriles is 1. The molecule has 28 heavy (non-hydrogen) atoms. The maximum atomic E-state index is 12.3. The summed E-state index contributed by atoms with van der Waals surface area (Å²) in [6.07, 6.45) is 3.55. The molecule has 0 fully saturated rings. The minimum Gasteiger partial charge on any atom is -0.496 e. The zero-order chi connectivity index (χ0) is 19.8. The van der Waals surface area contributed by atoms with Crippen molar-refractivity contribution in [1.29, 1.82) is 5.26 Å². The Kier molecular flexibility index (Phi) is 6.16. The van der Waals surface area contributed by atoms with Crippen molar-refractivity contribution in [3.63, 3.8) is 0 Å². The Labute approximate surface area is 163 Å². The van der Waals surface area contributed by atoms with Crippen LogP contribution in [0.5, 0.6) is 5.75 Å². The lowest BCUT2D eigenvalue weighted by Crippen LogP contribution is -2.26. The Morgan fingerprint density at radius 3 is 2.57 bits per heavy atom. The van der Waals surface area contributed by atoms with Crippen LogP contribution >= 0.6 is 0 Å². The van der Waals surface area contributed by atoms with Gasteiger partial charge in [-0.05, 0) is 30.2 Å². The fourth-order valence-electron chi connectivity index (χ4n) is 2.64. The first-order valence-corrected chi connectivity index (χ1v) is 8.69. The third kappa shape index (κ3) is 4.62. The van der Waals surface area contributed by atoms with Crippen LogP contribution in [0.2, 0.25) is 0 Å². The topological polar surface area (TPSA) is 99.9 Å². The average molecular weight is 373 g/mol. The van der Waals surface area contributed by atoms with Crippen molar-refractivity contribution in [3.8, 4) is 11.8 Å². The van der Waals surface area contributed by atoms with E-state index in [2.05, 4.69) is 26.7 Å². The van der Waals surface area contributed by atoms with Crippen molar-refractivity contribution in [2.45, 2.75) is 6.42 Å². The van der Waals surface area contributed by atoms with Gasteiger partial charge < -0.3 is 15.4 Å². The molecule has 0 unspecified atom stereocenters. The summed E-state index contributed by atoms with van der Waals surface area (Å²) < 4.78 is 5.31. The van der Waals surface area contributed by atoms with E-state index in [1.54, 1.807) is 25.3 Å². The average Bonchev–Trinajstić information content (AvgIpc) is 2.75. The molecule has 0 aliphatic rings. The van der Waals surface area contributed by atoms with Crippen LogP contribution in [-0.2, 0) is 6.42 Å². The van der Waals surface area contributed by atoms with Crippen LogP contribution in [-0.4, -0.2) is 29.5 Å². The number of carbonyl (C=O) groups is 1. The second-order valence-corrected chi connectivity index (χ2v) is 5.90. The predicted molar refractivity (Wildman–Crippen MR) is 106 cm³/mol. The first-order chi connectivity index (χ1) is 13.7. The number of amides is 1. The van der Waals surface area contributed by atoms with E-state index in [9.17, 15) is 4.79 Å². The molecule has 0 saturated carbocycles. The van der Waals surface area contributed by atoms with Crippen LogP contribution in [0.3, 0.4) is 0 Å². The van der Waals surface area contributed by atoms with Gasteiger partial charge in [-0.2, -0.15) is 5.26 Å². The summed E-state index contributed by atoms with van der Waals surface area (Å²) in [5.74, 6) is 0.861. The fourth-order valence-corrected chi connectivity index (χ4v) is 2.64. The second-order valence-electron chi connectivity index (χ2n) is 5.90. The Bertz CT molecular complexity index is 996. The van der Waals surface area contributed by atoms with Gasteiger partial charge in [0.15, 0.2) is 0 Å². The monoisotopic (exact) mass is 373 g/mol. The smallest absolute Gasteiger partial charge is 0.254 e. The molecule has 0 atom stereocenters. The molecule has 0 spiro atoms. The number of hydrogen-bond donors (Lipinski definition) is 2. The Hall–Kier alpha value is -3.92. The van der Waals surface area contributed by atoms with Gasteiger partial charge >= 0.3 is 0 Å². The maximum Gasteiger partial charge on any atom is 0.254 e. The van der Waals surface area contributed by atoms with Crippen LogP contribution in [0, 0.1) is 11.3 Å². The molecular formula is C21H19N5O2. The van der Waals surface area contributed by atoms with E-state index in [0.717, 1.165) is 11.3 Å². The van der Waals surface area contributed by atoms with Crippen molar-refractivity contribution in [1.82, 2.24) is 15.3 Å². The van der Waals surface area contributed by atoms with Gasteiger partial charge in [0, 0.05) is 18.9 Å². The third-order valence-electron chi connectivity index (χ3n) is 4.08. The zero-order valence-electron chi connectivity index (χ0n) is 15.3. The molecule has 140 valence electrons. The lowest BCUT2D eigenvalue weighted by atomic mass is 10.1. The highest BCUT2D eigenvalue weighted by molar-refractivity contribution is 5.93. The van der Waals surface area contributed by atoms with Gasteiger partial charge in [0.25, 0.3) is 5.91 Å². The Balaban J connectivity index is 1.57. The molecule has 2 N–H and O–H groups in total. The van der Waals surface area contributed by atoms with Crippen molar-refractivity contribution in [2.75, 3.05) is 19.0 Å². The number of rotatable bonds is 7. The quantitative estimate of drug-likeness (QED) is 0.660. The molecule has 0 aliphatic carbocycles. The standard InChI is InChI=1S/C21H19N5O2/c1-28-19-9-5-3-6-15(19)10-11-23-20(27)17-13-24-21(25-14-17)26-18-8-4-2-7-16(18)12-22/h2-9,13-14H,10-11H2,1H3,(H,23,27)(H,24,25,26). The number of nitrogens with one attached hydrogen (secondary N) is 2. The summed E-state index contributed by atoms with van der Waals surface area (Å²) in [4.78, 5) is 20.6. The fraction of sp³-hybridized carbons (Fsp3) is 0.143. The van der Waals surface area contributed by atoms with Gasteiger partial charge in [-0.3, -0.25) is 4.79 Å². The van der Waals surface area contributed by atoms with Crippen LogP contribution < -0.4 is 15.4 Å². The van der Waals surface area contributed by atoms with Gasteiger partial charge in [-0.25, -0.2) is 9.97 Å². The lowest BCUT2D eigenvalue weighted by Gasteiger charge is -2.09. The van der Waals surface area contributed by atoms with Gasteiger partial charge in [0.1, 0.15) is 11.8 Å². The van der Waals surface area contributed by atoms with Gasteiger partial charge in [-0.15, -0.1) is 0 Å². The molecule has 1 amide bonds. The highest BCUT2D eigenvalue weighted by atomic mass is 16.5. The Morgan fingerprint density at radius 2 is 1.82 bits per heavy atom. The first kappa shape index (κ1) is 18.9. The molecule has 0 saturated heterocycles. The van der Waals surface area contributed by atoms with E-state index >= 15 is 0 Å². The summed E-state index contributed by atoms with van der Waals surface area (Å²) >= 11 is 0. The SMILES string of the molecule is COc1ccccc1CCNC(=O)c1cnc(Nc2ccccc2C#N)nc1. The van der Waals surface area contributed by atoms with Gasteiger partial charge in [-0.1, -0.05) is 30.3 Å². The van der Waals surface area contributed by atoms with E-state index in [-0.39, 0.29) is 5.91 Å². The number of para-hydroxylation sites is 2. The number of aromatic nitrogens is 2. The number of ether oxygens (including phenoxy) is 1. The molecule has 7 nitrogen and oxygen atoms in total. The van der Waals surface area contributed by atoms with Gasteiger partial charge in [0.2, 0.25) is 5.95 Å². The Morgan fingerprint density at radius 1 is 1.11 bits per heavy atom. The third-order valence-corrected chi connectivity index (χ3v) is 4.08. The molecule has 0 radical (unpaired) electrons. The minimum absolute atomic E-state index is 0.251. The molecule has 1 heterocycles. The lowest BCUT2D eigenvalue weighted by molar-refractivity contribution is 0.0953. The number of methoxy groups -OCH3 is 1. The minimum atomic E-state index is -0.251. The summed E-state index contributed by atoms with van der Waals surface area (Å²) in [5, 5.41) is 14.9. The van der Waals surface area contributed by atoms with Crippen LogP contribution in [0.25, 0.3) is 0 Å². The first-order valence-electron chi connectivity index (χ1n) is 8.69. The molecule has 1 aromatic heterocycles.